The van der Waals surface area contributed by atoms with Gasteiger partial charge in [0.15, 0.2) is 0 Å². The maximum Gasteiger partial charge on any atom is 0.239 e. The van der Waals surface area contributed by atoms with E-state index < -0.39 is 0 Å². The molecular weight excluding hydrogens is 284 g/mol. The van der Waals surface area contributed by atoms with Crippen LogP contribution in [0.2, 0.25) is 0 Å². The predicted molar refractivity (Wildman–Crippen MR) is 95.5 cm³/mol. The molecule has 0 aromatic heterocycles. The highest BCUT2D eigenvalue weighted by Gasteiger charge is 2.04. The van der Waals surface area contributed by atoms with Crippen molar-refractivity contribution < 1.29 is 4.79 Å². The second kappa shape index (κ2) is 6.97. The van der Waals surface area contributed by atoms with Crippen LogP contribution in [0.5, 0.6) is 0 Å². The Balaban J connectivity index is 1.57. The third kappa shape index (κ3) is 3.89. The van der Waals surface area contributed by atoms with E-state index >= 15 is 0 Å². The standard InChI is InChI=1S/C20H20N2O/c1-15-9-11-16(12-10-15)13-22-20(23)14-21-19-8-4-6-17-5-2-3-7-18(17)19/h2-12,21H,13-14H2,1H3,(H,22,23). The Bertz CT molecular complexity index is 804. The summed E-state index contributed by atoms with van der Waals surface area (Å²) in [4.78, 5) is 12.0. The maximum absolute atomic E-state index is 12.0. The molecule has 0 bridgehead atoms. The first-order valence-electron chi connectivity index (χ1n) is 7.76. The van der Waals surface area contributed by atoms with E-state index in [2.05, 4.69) is 47.9 Å². The average molecular weight is 304 g/mol. The van der Waals surface area contributed by atoms with Crippen LogP contribution in [0.1, 0.15) is 11.1 Å². The van der Waals surface area contributed by atoms with E-state index in [4.69, 9.17) is 0 Å². The molecule has 3 heteroatoms. The Kier molecular flexibility index (Phi) is 4.57. The number of carbonyl (C=O) groups excluding carboxylic acids is 1. The lowest BCUT2D eigenvalue weighted by Gasteiger charge is -2.10. The fraction of sp³-hybridized carbons (Fsp3) is 0.150. The van der Waals surface area contributed by atoms with E-state index in [1.165, 1.54) is 5.56 Å². The highest BCUT2D eigenvalue weighted by molar-refractivity contribution is 5.95. The Labute approximate surface area is 136 Å². The third-order valence-corrected chi connectivity index (χ3v) is 3.84. The number of rotatable bonds is 5. The van der Waals surface area contributed by atoms with E-state index in [-0.39, 0.29) is 12.5 Å². The summed E-state index contributed by atoms with van der Waals surface area (Å²) in [5, 5.41) is 8.45. The van der Waals surface area contributed by atoms with Crippen molar-refractivity contribution >= 4 is 22.4 Å². The van der Waals surface area contributed by atoms with Crippen molar-refractivity contribution in [3.8, 4) is 0 Å². The van der Waals surface area contributed by atoms with Crippen molar-refractivity contribution in [3.63, 3.8) is 0 Å². The van der Waals surface area contributed by atoms with E-state index in [9.17, 15) is 4.79 Å². The molecule has 0 fully saturated rings. The zero-order chi connectivity index (χ0) is 16.1. The predicted octanol–water partition coefficient (Wildman–Crippen LogP) is 3.88. The first-order valence-corrected chi connectivity index (χ1v) is 7.76. The zero-order valence-electron chi connectivity index (χ0n) is 13.2. The van der Waals surface area contributed by atoms with Crippen molar-refractivity contribution in [1.29, 1.82) is 0 Å². The second-order valence-electron chi connectivity index (χ2n) is 5.64. The largest absolute Gasteiger partial charge is 0.376 e. The van der Waals surface area contributed by atoms with Crippen LogP contribution < -0.4 is 10.6 Å². The average Bonchev–Trinajstić information content (AvgIpc) is 2.59. The van der Waals surface area contributed by atoms with Gasteiger partial charge in [-0.15, -0.1) is 0 Å². The molecule has 0 unspecified atom stereocenters. The van der Waals surface area contributed by atoms with Crippen LogP contribution in [0.3, 0.4) is 0 Å². The van der Waals surface area contributed by atoms with Crippen molar-refractivity contribution in [3.05, 3.63) is 77.9 Å². The van der Waals surface area contributed by atoms with Crippen molar-refractivity contribution in [1.82, 2.24) is 5.32 Å². The molecule has 0 saturated heterocycles. The van der Waals surface area contributed by atoms with Crippen LogP contribution in [0.25, 0.3) is 10.8 Å². The first kappa shape index (κ1) is 15.1. The summed E-state index contributed by atoms with van der Waals surface area (Å²) in [7, 11) is 0. The summed E-state index contributed by atoms with van der Waals surface area (Å²) in [6.07, 6.45) is 0. The quantitative estimate of drug-likeness (QED) is 0.751. The Morgan fingerprint density at radius 2 is 1.65 bits per heavy atom. The summed E-state index contributed by atoms with van der Waals surface area (Å²) in [5.41, 5.74) is 3.31. The molecule has 0 heterocycles. The molecule has 0 atom stereocenters. The lowest BCUT2D eigenvalue weighted by atomic mass is 10.1. The monoisotopic (exact) mass is 304 g/mol. The van der Waals surface area contributed by atoms with Gasteiger partial charge in [-0.05, 0) is 23.9 Å². The topological polar surface area (TPSA) is 41.1 Å². The van der Waals surface area contributed by atoms with Gasteiger partial charge in [-0.3, -0.25) is 4.79 Å². The van der Waals surface area contributed by atoms with Crippen LogP contribution in [0.15, 0.2) is 66.7 Å². The summed E-state index contributed by atoms with van der Waals surface area (Å²) in [6.45, 7) is 2.87. The van der Waals surface area contributed by atoms with Crippen LogP contribution in [0, 0.1) is 6.92 Å². The molecule has 3 aromatic carbocycles. The smallest absolute Gasteiger partial charge is 0.239 e. The van der Waals surface area contributed by atoms with Crippen LogP contribution in [-0.4, -0.2) is 12.5 Å². The van der Waals surface area contributed by atoms with Crippen molar-refractivity contribution in [2.75, 3.05) is 11.9 Å². The second-order valence-corrected chi connectivity index (χ2v) is 5.64. The van der Waals surface area contributed by atoms with E-state index in [1.807, 2.05) is 36.4 Å². The van der Waals surface area contributed by atoms with E-state index in [0.717, 1.165) is 22.0 Å². The minimum atomic E-state index is -0.0153. The van der Waals surface area contributed by atoms with Crippen molar-refractivity contribution in [2.24, 2.45) is 0 Å². The molecule has 23 heavy (non-hydrogen) atoms. The number of fused-ring (bicyclic) bond motifs is 1. The SMILES string of the molecule is Cc1ccc(CNC(=O)CNc2cccc3ccccc23)cc1. The van der Waals surface area contributed by atoms with Crippen LogP contribution in [-0.2, 0) is 11.3 Å². The highest BCUT2D eigenvalue weighted by Crippen LogP contribution is 2.22. The van der Waals surface area contributed by atoms with Gasteiger partial charge in [0.1, 0.15) is 0 Å². The number of hydrogen-bond acceptors (Lipinski definition) is 2. The number of carbonyl (C=O) groups is 1. The molecule has 3 aromatic rings. The van der Waals surface area contributed by atoms with Gasteiger partial charge in [0.25, 0.3) is 0 Å². The lowest BCUT2D eigenvalue weighted by Crippen LogP contribution is -2.29. The fourth-order valence-corrected chi connectivity index (χ4v) is 2.52. The molecule has 3 rings (SSSR count). The van der Waals surface area contributed by atoms with E-state index in [0.29, 0.717) is 6.54 Å². The van der Waals surface area contributed by atoms with Crippen LogP contribution in [0.4, 0.5) is 5.69 Å². The van der Waals surface area contributed by atoms with E-state index in [1.54, 1.807) is 0 Å². The molecule has 0 aliphatic heterocycles. The normalized spacial score (nSPS) is 10.5. The number of amides is 1. The molecule has 0 aliphatic carbocycles. The van der Waals surface area contributed by atoms with Gasteiger partial charge >= 0.3 is 0 Å². The Hall–Kier alpha value is -2.81. The molecule has 0 aliphatic rings. The number of nitrogens with one attached hydrogen (secondary N) is 2. The number of anilines is 1. The summed E-state index contributed by atoms with van der Waals surface area (Å²) in [6, 6.07) is 22.4. The Morgan fingerprint density at radius 3 is 2.48 bits per heavy atom. The number of aryl methyl sites for hydroxylation is 1. The summed E-state index contributed by atoms with van der Waals surface area (Å²) >= 11 is 0. The van der Waals surface area contributed by atoms with Gasteiger partial charge in [-0.1, -0.05) is 66.2 Å². The minimum absolute atomic E-state index is 0.0153. The van der Waals surface area contributed by atoms with Gasteiger partial charge < -0.3 is 10.6 Å². The maximum atomic E-state index is 12.0. The van der Waals surface area contributed by atoms with Gasteiger partial charge in [-0.2, -0.15) is 0 Å². The lowest BCUT2D eigenvalue weighted by molar-refractivity contribution is -0.119. The molecule has 2 N–H and O–H groups in total. The molecule has 1 amide bonds. The third-order valence-electron chi connectivity index (χ3n) is 3.84. The molecule has 0 saturated carbocycles. The van der Waals surface area contributed by atoms with Gasteiger partial charge in [0.2, 0.25) is 5.91 Å². The van der Waals surface area contributed by atoms with Crippen LogP contribution >= 0.6 is 0 Å². The molecular formula is C20H20N2O. The zero-order valence-corrected chi connectivity index (χ0v) is 13.2. The van der Waals surface area contributed by atoms with Gasteiger partial charge in [0, 0.05) is 17.6 Å². The van der Waals surface area contributed by atoms with Gasteiger partial charge in [-0.25, -0.2) is 0 Å². The molecule has 0 spiro atoms. The fourth-order valence-electron chi connectivity index (χ4n) is 2.52. The first-order chi connectivity index (χ1) is 11.2. The Morgan fingerprint density at radius 1 is 0.913 bits per heavy atom. The van der Waals surface area contributed by atoms with Crippen molar-refractivity contribution in [2.45, 2.75) is 13.5 Å². The molecule has 0 radical (unpaired) electrons. The summed E-state index contributed by atoms with van der Waals surface area (Å²) < 4.78 is 0. The molecule has 3 nitrogen and oxygen atoms in total. The highest BCUT2D eigenvalue weighted by atomic mass is 16.1. The number of benzene rings is 3. The number of hydrogen-bond donors (Lipinski definition) is 2. The summed E-state index contributed by atoms with van der Waals surface area (Å²) in [5.74, 6) is -0.0153. The van der Waals surface area contributed by atoms with Gasteiger partial charge in [0.05, 0.1) is 6.54 Å². The minimum Gasteiger partial charge on any atom is -0.376 e. The molecule has 116 valence electrons.